The van der Waals surface area contributed by atoms with E-state index in [1.165, 1.54) is 0 Å². The van der Waals surface area contributed by atoms with Gasteiger partial charge in [-0.2, -0.15) is 20.4 Å². The van der Waals surface area contributed by atoms with Crippen molar-refractivity contribution in [3.8, 4) is 33.9 Å². The van der Waals surface area contributed by atoms with Crippen LogP contribution in [0.1, 0.15) is 0 Å². The first-order valence-electron chi connectivity index (χ1n) is 16.6. The molecule has 7 heterocycles. The number of hydrogen-bond acceptors (Lipinski definition) is 7. The van der Waals surface area contributed by atoms with Crippen molar-refractivity contribution >= 4 is 65.8 Å². The molecule has 11 rings (SSSR count). The molecule has 0 fully saturated rings. The van der Waals surface area contributed by atoms with Crippen LogP contribution in [-0.2, 0) is 0 Å². The molecule has 7 aromatic heterocycles. The van der Waals surface area contributed by atoms with Crippen LogP contribution in [-0.4, -0.2) is 39.5 Å². The molecule has 0 unspecified atom stereocenters. The first kappa shape index (κ1) is 27.7. The van der Waals surface area contributed by atoms with Gasteiger partial charge in [-0.05, 0) is 60.7 Å². The molecule has 9 nitrogen and oxygen atoms in total. The summed E-state index contributed by atoms with van der Waals surface area (Å²) in [4.78, 5) is 10.3. The molecule has 0 aliphatic rings. The van der Waals surface area contributed by atoms with Gasteiger partial charge in [0.15, 0.2) is 11.2 Å². The van der Waals surface area contributed by atoms with Gasteiger partial charge in [-0.1, -0.05) is 60.7 Å². The first-order chi connectivity index (χ1) is 25.3. The summed E-state index contributed by atoms with van der Waals surface area (Å²) in [7, 11) is 0. The average Bonchev–Trinajstić information content (AvgIpc) is 3.85. The third-order valence-electron chi connectivity index (χ3n) is 9.74. The average molecular weight is 657 g/mol. The fraction of sp³-hybridized carbons (Fsp3) is 0. The van der Waals surface area contributed by atoms with E-state index in [1.54, 1.807) is 0 Å². The zero-order valence-electron chi connectivity index (χ0n) is 26.8. The van der Waals surface area contributed by atoms with Gasteiger partial charge in [0, 0.05) is 44.0 Å². The van der Waals surface area contributed by atoms with Crippen LogP contribution in [0.4, 0.5) is 0 Å². The number of para-hydroxylation sites is 2. The molecule has 9 heteroatoms. The Hall–Kier alpha value is -7.26. The zero-order chi connectivity index (χ0) is 33.5. The molecule has 0 aliphatic heterocycles. The van der Waals surface area contributed by atoms with E-state index in [4.69, 9.17) is 14.4 Å². The van der Waals surface area contributed by atoms with Gasteiger partial charge in [-0.3, -0.25) is 0 Å². The Morgan fingerprint density at radius 2 is 0.843 bits per heavy atom. The topological polar surface area (TPSA) is 100 Å². The molecule has 0 aliphatic carbocycles. The van der Waals surface area contributed by atoms with Crippen LogP contribution in [0.5, 0.6) is 0 Å². The van der Waals surface area contributed by atoms with E-state index in [1.807, 2.05) is 85.5 Å². The van der Waals surface area contributed by atoms with Crippen LogP contribution in [0.2, 0.25) is 0 Å². The van der Waals surface area contributed by atoms with Gasteiger partial charge in [-0.15, -0.1) is 0 Å². The standard InChI is InChI=1S/C42H24N8O/c1-3-7-27(8-4-1)49-35-19-25(11-13-29(35)31-21-43-45-23-37(31)49)33-15-17-39-41(47-33)42-40(51-39)18-16-34(48-42)26-12-14-30-32-22-44-46-24-38(32)50(36(30)20-26)28-9-5-2-6-10-28/h1-24H. The van der Waals surface area contributed by atoms with Gasteiger partial charge in [0.05, 0.1) is 58.2 Å². The number of fused-ring (bicyclic) bond motifs is 9. The molecule has 0 radical (unpaired) electrons. The van der Waals surface area contributed by atoms with E-state index in [2.05, 4.69) is 90.2 Å². The smallest absolute Gasteiger partial charge is 0.155 e. The monoisotopic (exact) mass is 656 g/mol. The van der Waals surface area contributed by atoms with E-state index in [-0.39, 0.29) is 0 Å². The summed E-state index contributed by atoms with van der Waals surface area (Å²) in [5, 5.41) is 21.1. The highest BCUT2D eigenvalue weighted by Gasteiger charge is 2.18. The summed E-state index contributed by atoms with van der Waals surface area (Å²) in [6.45, 7) is 0. The van der Waals surface area contributed by atoms with Crippen LogP contribution in [0, 0.1) is 0 Å². The molecule has 0 saturated carbocycles. The highest BCUT2D eigenvalue weighted by atomic mass is 16.3. The van der Waals surface area contributed by atoms with Crippen molar-refractivity contribution in [2.24, 2.45) is 0 Å². The SMILES string of the molecule is c1ccc(-n2c3cnncc3c3ccc(-c4ccc5oc6ccc(-c7ccc8c9cnncc9n(-c9ccccc9)c8c7)nc6c5n4)cc32)cc1. The van der Waals surface area contributed by atoms with E-state index in [0.29, 0.717) is 11.2 Å². The largest absolute Gasteiger partial charge is 0.453 e. The lowest BCUT2D eigenvalue weighted by Gasteiger charge is -2.08. The van der Waals surface area contributed by atoms with Gasteiger partial charge >= 0.3 is 0 Å². The molecular weight excluding hydrogens is 633 g/mol. The Morgan fingerprint density at radius 3 is 1.31 bits per heavy atom. The molecule has 0 amide bonds. The fourth-order valence-corrected chi connectivity index (χ4v) is 7.42. The molecule has 238 valence electrons. The second-order valence-electron chi connectivity index (χ2n) is 12.6. The van der Waals surface area contributed by atoms with E-state index in [0.717, 1.165) is 88.5 Å². The highest BCUT2D eigenvalue weighted by molar-refractivity contribution is 6.11. The third-order valence-corrected chi connectivity index (χ3v) is 9.74. The van der Waals surface area contributed by atoms with Gasteiger partial charge < -0.3 is 13.6 Å². The second-order valence-corrected chi connectivity index (χ2v) is 12.6. The molecule has 4 aromatic carbocycles. The maximum absolute atomic E-state index is 6.25. The summed E-state index contributed by atoms with van der Waals surface area (Å²) in [5.41, 5.74) is 12.7. The Labute approximate surface area is 289 Å². The Morgan fingerprint density at radius 1 is 0.392 bits per heavy atom. The van der Waals surface area contributed by atoms with Gasteiger partial charge in [0.1, 0.15) is 11.0 Å². The lowest BCUT2D eigenvalue weighted by molar-refractivity contribution is 0.667. The maximum atomic E-state index is 6.25. The summed E-state index contributed by atoms with van der Waals surface area (Å²) >= 11 is 0. The van der Waals surface area contributed by atoms with Crippen LogP contribution in [0.3, 0.4) is 0 Å². The molecule has 0 saturated heterocycles. The van der Waals surface area contributed by atoms with E-state index in [9.17, 15) is 0 Å². The van der Waals surface area contributed by atoms with Crippen LogP contribution in [0.25, 0.3) is 99.7 Å². The summed E-state index contributed by atoms with van der Waals surface area (Å²) in [5.74, 6) is 0. The molecule has 0 spiro atoms. The van der Waals surface area contributed by atoms with Crippen LogP contribution < -0.4 is 0 Å². The number of nitrogens with zero attached hydrogens (tertiary/aromatic N) is 8. The number of aromatic nitrogens is 8. The molecule has 0 atom stereocenters. The van der Waals surface area contributed by atoms with Crippen molar-refractivity contribution in [2.45, 2.75) is 0 Å². The minimum Gasteiger partial charge on any atom is -0.453 e. The predicted octanol–water partition coefficient (Wildman–Crippen LogP) is 9.48. The summed E-state index contributed by atoms with van der Waals surface area (Å²) in [6, 6.07) is 41.5. The second kappa shape index (κ2) is 10.6. The minimum absolute atomic E-state index is 0.690. The molecule has 51 heavy (non-hydrogen) atoms. The van der Waals surface area contributed by atoms with E-state index >= 15 is 0 Å². The molecule has 0 N–H and O–H groups in total. The number of hydrogen-bond donors (Lipinski definition) is 0. The molecular formula is C42H24N8O. The predicted molar refractivity (Wildman–Crippen MR) is 200 cm³/mol. The number of pyridine rings is 2. The van der Waals surface area contributed by atoms with Crippen LogP contribution in [0.15, 0.2) is 151 Å². The Kier molecular flexibility index (Phi) is 5.76. The van der Waals surface area contributed by atoms with E-state index < -0.39 is 0 Å². The Bertz CT molecular complexity index is 2930. The lowest BCUT2D eigenvalue weighted by Crippen LogP contribution is -1.94. The van der Waals surface area contributed by atoms with Gasteiger partial charge in [0.25, 0.3) is 0 Å². The molecule has 11 aromatic rings. The zero-order valence-corrected chi connectivity index (χ0v) is 26.8. The van der Waals surface area contributed by atoms with Crippen molar-refractivity contribution in [2.75, 3.05) is 0 Å². The third kappa shape index (κ3) is 4.15. The van der Waals surface area contributed by atoms with Crippen molar-refractivity contribution < 1.29 is 4.42 Å². The van der Waals surface area contributed by atoms with Crippen molar-refractivity contribution in [1.29, 1.82) is 0 Å². The van der Waals surface area contributed by atoms with Gasteiger partial charge in [0.2, 0.25) is 0 Å². The maximum Gasteiger partial charge on any atom is 0.155 e. The van der Waals surface area contributed by atoms with Crippen molar-refractivity contribution in [1.82, 2.24) is 39.5 Å². The fourth-order valence-electron chi connectivity index (χ4n) is 7.42. The van der Waals surface area contributed by atoms with Crippen LogP contribution >= 0.6 is 0 Å². The Balaban J connectivity index is 1.07. The van der Waals surface area contributed by atoms with Crippen molar-refractivity contribution in [3.05, 3.63) is 146 Å². The number of benzene rings is 4. The van der Waals surface area contributed by atoms with Gasteiger partial charge in [-0.25, -0.2) is 9.97 Å². The number of furan rings is 1. The number of rotatable bonds is 4. The lowest BCUT2D eigenvalue weighted by atomic mass is 10.1. The highest BCUT2D eigenvalue weighted by Crippen LogP contribution is 2.37. The summed E-state index contributed by atoms with van der Waals surface area (Å²) < 4.78 is 10.7. The quantitative estimate of drug-likeness (QED) is 0.186. The normalized spacial score (nSPS) is 11.9. The van der Waals surface area contributed by atoms with Crippen molar-refractivity contribution in [3.63, 3.8) is 0 Å². The first-order valence-corrected chi connectivity index (χ1v) is 16.6. The minimum atomic E-state index is 0.690. The summed E-state index contributed by atoms with van der Waals surface area (Å²) in [6.07, 6.45) is 7.30. The molecule has 0 bridgehead atoms.